The second kappa shape index (κ2) is 9.67. The molecule has 0 radical (unpaired) electrons. The number of hydrogen-bond donors (Lipinski definition) is 1. The lowest BCUT2D eigenvalue weighted by Gasteiger charge is -2.09. The van der Waals surface area contributed by atoms with Crippen LogP contribution in [0.1, 0.15) is 22.4 Å². The molecular weight excluding hydrogens is 440 g/mol. The number of carbonyl (C=O) groups is 1. The summed E-state index contributed by atoms with van der Waals surface area (Å²) in [4.78, 5) is 23.0. The van der Waals surface area contributed by atoms with E-state index in [0.717, 1.165) is 27.7 Å². The molecule has 0 fully saturated rings. The van der Waals surface area contributed by atoms with Crippen molar-refractivity contribution in [1.82, 2.24) is 9.99 Å². The molecule has 0 spiro atoms. The van der Waals surface area contributed by atoms with E-state index in [-0.39, 0.29) is 12.1 Å². The molecule has 33 heavy (non-hydrogen) atoms. The number of rotatable bonds is 7. The van der Waals surface area contributed by atoms with Crippen LogP contribution < -0.4 is 5.43 Å². The van der Waals surface area contributed by atoms with Gasteiger partial charge in [-0.25, -0.2) is 5.43 Å². The zero-order chi connectivity index (χ0) is 23.4. The van der Waals surface area contributed by atoms with Crippen LogP contribution in [0.25, 0.3) is 10.9 Å². The second-order valence-corrected chi connectivity index (χ2v) is 8.02. The molecular formula is C25H21ClN4O3. The predicted molar refractivity (Wildman–Crippen MR) is 130 cm³/mol. The highest BCUT2D eigenvalue weighted by atomic mass is 35.5. The van der Waals surface area contributed by atoms with Crippen LogP contribution in [0.5, 0.6) is 0 Å². The van der Waals surface area contributed by atoms with Gasteiger partial charge in [0.1, 0.15) is 0 Å². The Morgan fingerprint density at radius 2 is 1.79 bits per heavy atom. The molecule has 1 aromatic heterocycles. The predicted octanol–water partition coefficient (Wildman–Crippen LogP) is 5.25. The summed E-state index contributed by atoms with van der Waals surface area (Å²) in [5.41, 5.74) is 6.81. The average molecular weight is 461 g/mol. The van der Waals surface area contributed by atoms with Gasteiger partial charge in [-0.05, 0) is 30.7 Å². The fourth-order valence-corrected chi connectivity index (χ4v) is 3.94. The first kappa shape index (κ1) is 22.2. The lowest BCUT2D eigenvalue weighted by Crippen LogP contribution is -2.20. The molecule has 4 aromatic rings. The molecule has 0 bridgehead atoms. The van der Waals surface area contributed by atoms with Crippen LogP contribution in [0, 0.1) is 17.0 Å². The maximum Gasteiger partial charge on any atom is 0.273 e. The van der Waals surface area contributed by atoms with E-state index in [1.165, 1.54) is 6.07 Å². The Bertz CT molecular complexity index is 1360. The smallest absolute Gasteiger partial charge is 0.273 e. The number of fused-ring (bicyclic) bond motifs is 1. The first-order chi connectivity index (χ1) is 15.9. The maximum atomic E-state index is 12.3. The molecule has 0 aliphatic rings. The Hall–Kier alpha value is -3.97. The van der Waals surface area contributed by atoms with E-state index < -0.39 is 10.8 Å². The van der Waals surface area contributed by atoms with Crippen molar-refractivity contribution < 1.29 is 9.72 Å². The minimum absolute atomic E-state index is 0.0854. The van der Waals surface area contributed by atoms with Crippen LogP contribution in [0.3, 0.4) is 0 Å². The molecule has 7 nitrogen and oxygen atoms in total. The summed E-state index contributed by atoms with van der Waals surface area (Å²) in [7, 11) is 0. The van der Waals surface area contributed by atoms with Gasteiger partial charge in [0, 0.05) is 45.4 Å². The number of nitrogens with zero attached hydrogens (tertiary/aromatic N) is 3. The number of halogens is 1. The number of nitrogens with one attached hydrogen (secondary N) is 1. The lowest BCUT2D eigenvalue weighted by atomic mass is 10.1. The molecule has 0 aliphatic heterocycles. The first-order valence-corrected chi connectivity index (χ1v) is 10.7. The number of hydrogen-bond acceptors (Lipinski definition) is 4. The van der Waals surface area contributed by atoms with Crippen molar-refractivity contribution in [2.45, 2.75) is 19.9 Å². The zero-order valence-electron chi connectivity index (χ0n) is 17.9. The highest BCUT2D eigenvalue weighted by molar-refractivity contribution is 6.30. The van der Waals surface area contributed by atoms with Crippen LogP contribution in [0.2, 0.25) is 5.02 Å². The van der Waals surface area contributed by atoms with Crippen molar-refractivity contribution in [1.29, 1.82) is 0 Å². The minimum Gasteiger partial charge on any atom is -0.340 e. The Labute approximate surface area is 195 Å². The summed E-state index contributed by atoms with van der Waals surface area (Å²) in [5, 5.41) is 17.0. The maximum absolute atomic E-state index is 12.3. The minimum atomic E-state index is -0.495. The van der Waals surface area contributed by atoms with E-state index in [0.29, 0.717) is 17.1 Å². The number of nitro benzene ring substituents is 1. The Kier molecular flexibility index (Phi) is 6.51. The highest BCUT2D eigenvalue weighted by Gasteiger charge is 2.16. The van der Waals surface area contributed by atoms with Crippen LogP contribution in [-0.2, 0) is 17.8 Å². The number of benzene rings is 3. The van der Waals surface area contributed by atoms with Gasteiger partial charge in [-0.1, -0.05) is 60.1 Å². The average Bonchev–Trinajstić information content (AvgIpc) is 3.07. The summed E-state index contributed by atoms with van der Waals surface area (Å²) in [6.07, 6.45) is 1.49. The number of para-hydroxylation sites is 2. The van der Waals surface area contributed by atoms with Gasteiger partial charge in [0.2, 0.25) is 5.91 Å². The van der Waals surface area contributed by atoms with Crippen molar-refractivity contribution in [2.24, 2.45) is 5.10 Å². The molecule has 0 atom stereocenters. The zero-order valence-corrected chi connectivity index (χ0v) is 18.6. The van der Waals surface area contributed by atoms with Gasteiger partial charge < -0.3 is 4.57 Å². The van der Waals surface area contributed by atoms with Gasteiger partial charge in [-0.15, -0.1) is 0 Å². The van der Waals surface area contributed by atoms with Crippen molar-refractivity contribution in [3.63, 3.8) is 0 Å². The van der Waals surface area contributed by atoms with E-state index in [2.05, 4.69) is 15.1 Å². The molecule has 3 aromatic carbocycles. The molecule has 166 valence electrons. The molecule has 0 unspecified atom stereocenters. The summed E-state index contributed by atoms with van der Waals surface area (Å²) in [5.74, 6) is -0.428. The quantitative estimate of drug-likeness (QED) is 0.232. The third kappa shape index (κ3) is 4.94. The van der Waals surface area contributed by atoms with Gasteiger partial charge in [-0.3, -0.25) is 14.9 Å². The number of hydrazone groups is 1. The first-order valence-electron chi connectivity index (χ1n) is 10.3. The number of carbonyl (C=O) groups excluding carboxylic acids is 1. The van der Waals surface area contributed by atoms with Crippen LogP contribution in [0.15, 0.2) is 77.9 Å². The molecule has 0 saturated heterocycles. The number of aromatic nitrogens is 1. The van der Waals surface area contributed by atoms with E-state index in [1.807, 2.05) is 55.5 Å². The van der Waals surface area contributed by atoms with Crippen molar-refractivity contribution >= 4 is 40.3 Å². The van der Waals surface area contributed by atoms with E-state index in [1.54, 1.807) is 24.4 Å². The summed E-state index contributed by atoms with van der Waals surface area (Å²) in [6, 6.07) is 21.9. The topological polar surface area (TPSA) is 89.5 Å². The molecule has 1 amide bonds. The molecule has 1 heterocycles. The largest absolute Gasteiger partial charge is 0.340 e. The summed E-state index contributed by atoms with van der Waals surface area (Å²) >= 11 is 6.01. The van der Waals surface area contributed by atoms with Crippen molar-refractivity contribution in [3.05, 3.63) is 110 Å². The fourth-order valence-electron chi connectivity index (χ4n) is 3.82. The molecule has 0 saturated carbocycles. The number of amides is 1. The van der Waals surface area contributed by atoms with E-state index in [9.17, 15) is 14.9 Å². The van der Waals surface area contributed by atoms with Gasteiger partial charge in [0.15, 0.2) is 0 Å². The van der Waals surface area contributed by atoms with Gasteiger partial charge in [0.25, 0.3) is 5.69 Å². The second-order valence-electron chi connectivity index (χ2n) is 7.58. The number of nitro groups is 1. The molecule has 4 rings (SSSR count). The van der Waals surface area contributed by atoms with Crippen LogP contribution in [0.4, 0.5) is 5.69 Å². The lowest BCUT2D eigenvalue weighted by molar-refractivity contribution is -0.385. The molecule has 1 N–H and O–H groups in total. The van der Waals surface area contributed by atoms with Crippen LogP contribution >= 0.6 is 11.6 Å². The Morgan fingerprint density at radius 1 is 1.09 bits per heavy atom. The van der Waals surface area contributed by atoms with Gasteiger partial charge in [-0.2, -0.15) is 5.10 Å². The Balaban J connectivity index is 1.55. The monoisotopic (exact) mass is 460 g/mol. The van der Waals surface area contributed by atoms with Gasteiger partial charge in [0.05, 0.1) is 17.6 Å². The van der Waals surface area contributed by atoms with E-state index in [4.69, 9.17) is 11.6 Å². The fraction of sp³-hybridized carbons (Fsp3) is 0.120. The van der Waals surface area contributed by atoms with Crippen LogP contribution in [-0.4, -0.2) is 21.6 Å². The van der Waals surface area contributed by atoms with Gasteiger partial charge >= 0.3 is 0 Å². The Morgan fingerprint density at radius 3 is 2.55 bits per heavy atom. The standard InChI is InChI=1S/C25H21ClN4O3/c1-17-22(15-27-28-25(31)14-19-6-2-4-8-23(19)30(32)33)21-7-3-5-9-24(21)29(17)16-18-10-12-20(26)13-11-18/h2-13,15H,14,16H2,1H3,(H,28,31)/b27-15+. The molecule has 0 aliphatic carbocycles. The third-order valence-electron chi connectivity index (χ3n) is 5.46. The van der Waals surface area contributed by atoms with E-state index >= 15 is 0 Å². The normalized spacial score (nSPS) is 11.2. The summed E-state index contributed by atoms with van der Waals surface area (Å²) < 4.78 is 2.19. The highest BCUT2D eigenvalue weighted by Crippen LogP contribution is 2.26. The summed E-state index contributed by atoms with van der Waals surface area (Å²) in [6.45, 7) is 2.67. The van der Waals surface area contributed by atoms with Crippen molar-refractivity contribution in [2.75, 3.05) is 0 Å². The van der Waals surface area contributed by atoms with Crippen molar-refractivity contribution in [3.8, 4) is 0 Å². The SMILES string of the molecule is Cc1c(/C=N/NC(=O)Cc2ccccc2[N+](=O)[O-])c2ccccc2n1Cc1ccc(Cl)cc1. The molecule has 8 heteroatoms. The third-order valence-corrected chi connectivity index (χ3v) is 5.71.